The Morgan fingerprint density at radius 1 is 1.22 bits per heavy atom. The third-order valence-corrected chi connectivity index (χ3v) is 6.30. The lowest BCUT2D eigenvalue weighted by Crippen LogP contribution is -2.45. The van der Waals surface area contributed by atoms with Gasteiger partial charge in [0.2, 0.25) is 0 Å². The van der Waals surface area contributed by atoms with E-state index in [0.717, 1.165) is 24.2 Å². The Balaban J connectivity index is 1.17. The molecule has 1 radical (unpaired) electrons. The summed E-state index contributed by atoms with van der Waals surface area (Å²) < 4.78 is 26.5. The number of anilines is 1. The molecule has 12 heteroatoms. The first-order valence-electron chi connectivity index (χ1n) is 11.8. The van der Waals surface area contributed by atoms with Gasteiger partial charge in [-0.05, 0) is 44.8 Å². The molecule has 0 aromatic carbocycles. The van der Waals surface area contributed by atoms with E-state index in [-0.39, 0.29) is 31.5 Å². The minimum Gasteiger partial charge on any atom is -0.371 e. The van der Waals surface area contributed by atoms with Crippen LogP contribution in [0.3, 0.4) is 0 Å². The molecule has 3 aliphatic rings. The van der Waals surface area contributed by atoms with Gasteiger partial charge in [-0.2, -0.15) is 0 Å². The van der Waals surface area contributed by atoms with E-state index in [9.17, 15) is 4.79 Å². The average Bonchev–Trinajstić information content (AvgIpc) is 3.49. The van der Waals surface area contributed by atoms with Crippen molar-refractivity contribution in [1.82, 2.24) is 24.5 Å². The molecular formula is C24H24BN6O5. The number of fused-ring (bicyclic) bond motifs is 2. The quantitative estimate of drug-likeness (QED) is 0.216. The molecular weight excluding hydrogens is 463 g/mol. The van der Waals surface area contributed by atoms with Gasteiger partial charge in [0, 0.05) is 0 Å². The van der Waals surface area contributed by atoms with Gasteiger partial charge in [0.05, 0.1) is 12.9 Å². The van der Waals surface area contributed by atoms with Gasteiger partial charge in [-0.3, -0.25) is 9.36 Å². The minimum absolute atomic E-state index is 0.177. The first-order valence-corrected chi connectivity index (χ1v) is 11.8. The maximum absolute atomic E-state index is 10.9. The zero-order chi connectivity index (χ0) is 24.7. The number of hydrogen-bond donors (Lipinski definition) is 0. The van der Waals surface area contributed by atoms with E-state index in [1.54, 1.807) is 30.9 Å². The van der Waals surface area contributed by atoms with E-state index in [1.165, 1.54) is 0 Å². The fourth-order valence-corrected chi connectivity index (χ4v) is 4.65. The number of rotatable bonds is 6. The van der Waals surface area contributed by atoms with E-state index in [4.69, 9.17) is 18.9 Å². The number of carbonyl (C=O) groups is 1. The van der Waals surface area contributed by atoms with Crippen molar-refractivity contribution in [3.8, 4) is 11.8 Å². The summed E-state index contributed by atoms with van der Waals surface area (Å²) in [6.07, 6.45) is 4.11. The van der Waals surface area contributed by atoms with Crippen molar-refractivity contribution in [2.75, 3.05) is 31.0 Å². The first kappa shape index (κ1) is 23.1. The van der Waals surface area contributed by atoms with Gasteiger partial charge in [-0.15, -0.1) is 0 Å². The highest BCUT2D eigenvalue weighted by molar-refractivity contribution is 6.42. The van der Waals surface area contributed by atoms with Gasteiger partial charge >= 0.3 is 0 Å². The number of pyridine rings is 1. The number of aldehydes is 1. The highest BCUT2D eigenvalue weighted by atomic mass is 16.8. The molecule has 11 nitrogen and oxygen atoms in total. The molecule has 3 aromatic heterocycles. The summed E-state index contributed by atoms with van der Waals surface area (Å²) in [7, 11) is 2.18. The second-order valence-corrected chi connectivity index (χ2v) is 9.23. The van der Waals surface area contributed by atoms with Crippen LogP contribution in [0.1, 0.15) is 36.3 Å². The Morgan fingerprint density at radius 2 is 2.08 bits per heavy atom. The van der Waals surface area contributed by atoms with E-state index >= 15 is 0 Å². The lowest BCUT2D eigenvalue weighted by atomic mass is 9.69. The van der Waals surface area contributed by atoms with Crippen LogP contribution < -0.4 is 4.90 Å². The minimum atomic E-state index is -0.755. The summed E-state index contributed by atoms with van der Waals surface area (Å²) in [5, 5.41) is 0. The Labute approximate surface area is 208 Å². The topological polar surface area (TPSA) is 114 Å². The van der Waals surface area contributed by atoms with E-state index in [0.29, 0.717) is 23.3 Å². The van der Waals surface area contributed by atoms with Crippen LogP contribution in [0.15, 0.2) is 30.9 Å². The van der Waals surface area contributed by atoms with Gasteiger partial charge < -0.3 is 23.8 Å². The van der Waals surface area contributed by atoms with Crippen molar-refractivity contribution >= 4 is 30.5 Å². The van der Waals surface area contributed by atoms with Crippen molar-refractivity contribution in [3.63, 3.8) is 0 Å². The lowest BCUT2D eigenvalue weighted by Gasteiger charge is -2.31. The van der Waals surface area contributed by atoms with Gasteiger partial charge in [-0.1, -0.05) is 12.0 Å². The van der Waals surface area contributed by atoms with Crippen LogP contribution in [0.2, 0.25) is 0 Å². The molecule has 0 amide bonds. The summed E-state index contributed by atoms with van der Waals surface area (Å²) >= 11 is 0. The van der Waals surface area contributed by atoms with E-state index < -0.39 is 12.0 Å². The normalized spacial score (nSPS) is 26.1. The Kier molecular flexibility index (Phi) is 5.93. The summed E-state index contributed by atoms with van der Waals surface area (Å²) in [6.45, 7) is 4.22. The van der Waals surface area contributed by atoms with Crippen LogP contribution >= 0.6 is 0 Å². The SMILES string of the molecule is CC1(C)O[C@@H]2[C@H](O1)[C@@H](COCC#Cc1cccc(C=O)n1)O[C@H]2n1cnc2c(N3C[B]C3)ncnc21. The van der Waals surface area contributed by atoms with Crippen molar-refractivity contribution in [2.45, 2.75) is 44.2 Å². The first-order chi connectivity index (χ1) is 17.5. The standard InChI is InChI=1S/C24H24BN6O5/c1-24(2)35-19-17(10-33-8-4-7-15-5-3-6-16(9-32)29-15)34-23(20(19)36-24)31-14-28-18-21(30-11-25-12-30)26-13-27-22(18)31/h3,5-6,9,13-14,17,19-20,23H,8,10-12H2,1-2H3/t17-,19-,20-,23-/m1/s1. The zero-order valence-electron chi connectivity index (χ0n) is 19.9. The third kappa shape index (κ3) is 4.24. The maximum Gasteiger partial charge on any atom is 0.168 e. The van der Waals surface area contributed by atoms with Crippen LogP contribution in [0.25, 0.3) is 11.2 Å². The molecule has 4 atom stereocenters. The number of imidazole rings is 1. The summed E-state index contributed by atoms with van der Waals surface area (Å²) in [5.41, 5.74) is 2.26. The maximum atomic E-state index is 10.9. The van der Waals surface area contributed by atoms with Gasteiger partial charge in [0.15, 0.2) is 42.6 Å². The van der Waals surface area contributed by atoms with Crippen LogP contribution in [0, 0.1) is 11.8 Å². The Bertz CT molecular complexity index is 1350. The van der Waals surface area contributed by atoms with Gasteiger partial charge in [0.25, 0.3) is 0 Å². The van der Waals surface area contributed by atoms with E-state index in [2.05, 4.69) is 44.0 Å². The molecule has 3 fully saturated rings. The molecule has 183 valence electrons. The predicted octanol–water partition coefficient (Wildman–Crippen LogP) is 0.959. The Hall–Kier alpha value is -3.37. The number of ether oxygens (including phenoxy) is 4. The Morgan fingerprint density at radius 3 is 2.89 bits per heavy atom. The monoisotopic (exact) mass is 487 g/mol. The number of hydrogen-bond acceptors (Lipinski definition) is 10. The van der Waals surface area contributed by atoms with Crippen LogP contribution in [-0.4, -0.2) is 88.3 Å². The highest BCUT2D eigenvalue weighted by Crippen LogP contribution is 2.44. The molecule has 6 rings (SSSR count). The molecule has 3 aliphatic heterocycles. The molecule has 0 saturated carbocycles. The summed E-state index contributed by atoms with van der Waals surface area (Å²) in [4.78, 5) is 30.7. The van der Waals surface area contributed by atoms with Crippen LogP contribution in [-0.2, 0) is 18.9 Å². The van der Waals surface area contributed by atoms with E-state index in [1.807, 2.05) is 18.4 Å². The fourth-order valence-electron chi connectivity index (χ4n) is 4.65. The molecule has 36 heavy (non-hydrogen) atoms. The second-order valence-electron chi connectivity index (χ2n) is 9.23. The van der Waals surface area contributed by atoms with Crippen molar-refractivity contribution in [1.29, 1.82) is 0 Å². The lowest BCUT2D eigenvalue weighted by molar-refractivity contribution is -0.201. The second kappa shape index (κ2) is 9.26. The largest absolute Gasteiger partial charge is 0.371 e. The molecule has 0 unspecified atom stereocenters. The molecule has 0 aliphatic carbocycles. The zero-order valence-corrected chi connectivity index (χ0v) is 19.9. The number of aromatic nitrogens is 5. The van der Waals surface area contributed by atoms with Crippen LogP contribution in [0.5, 0.6) is 0 Å². The van der Waals surface area contributed by atoms with Crippen LogP contribution in [0.4, 0.5) is 5.82 Å². The molecule has 6 heterocycles. The molecule has 0 N–H and O–H groups in total. The van der Waals surface area contributed by atoms with Crippen molar-refractivity contribution in [2.24, 2.45) is 0 Å². The molecule has 0 spiro atoms. The van der Waals surface area contributed by atoms with Crippen molar-refractivity contribution < 1.29 is 23.7 Å². The summed E-state index contributed by atoms with van der Waals surface area (Å²) in [6, 6.07) is 5.11. The number of carbonyl (C=O) groups excluding carboxylic acids is 1. The number of nitrogens with zero attached hydrogens (tertiary/aromatic N) is 6. The molecule has 3 saturated heterocycles. The van der Waals surface area contributed by atoms with Crippen molar-refractivity contribution in [3.05, 3.63) is 42.2 Å². The molecule has 3 aromatic rings. The smallest absolute Gasteiger partial charge is 0.168 e. The third-order valence-electron chi connectivity index (χ3n) is 6.30. The molecule has 0 bridgehead atoms. The van der Waals surface area contributed by atoms with Gasteiger partial charge in [0.1, 0.15) is 42.6 Å². The fraction of sp³-hybridized carbons (Fsp3) is 0.458. The summed E-state index contributed by atoms with van der Waals surface area (Å²) in [5.74, 6) is 5.89. The predicted molar refractivity (Wildman–Crippen MR) is 128 cm³/mol. The highest BCUT2D eigenvalue weighted by Gasteiger charge is 2.56. The average molecular weight is 487 g/mol. The van der Waals surface area contributed by atoms with Gasteiger partial charge in [-0.25, -0.2) is 19.9 Å².